The topological polar surface area (TPSA) is 22.0 Å². The molecular weight excluding hydrogens is 234 g/mol. The second-order valence-corrected chi connectivity index (χ2v) is 5.33. The largest absolute Gasteiger partial charge is 0.345 e. The van der Waals surface area contributed by atoms with Crippen LogP contribution in [-0.2, 0) is 0 Å². The van der Waals surface area contributed by atoms with Crippen LogP contribution in [0, 0.1) is 19.8 Å². The number of rotatable bonds is 5. The Kier molecular flexibility index (Phi) is 3.62. The lowest BCUT2D eigenvalue weighted by Gasteiger charge is -2.09. The molecule has 17 heavy (non-hydrogen) atoms. The van der Waals surface area contributed by atoms with Crippen LogP contribution in [0.25, 0.3) is 0 Å². The van der Waals surface area contributed by atoms with Gasteiger partial charge in [-0.05, 0) is 38.7 Å². The number of ketones is 1. The highest BCUT2D eigenvalue weighted by Crippen LogP contribution is 2.48. The highest BCUT2D eigenvalue weighted by atomic mass is 35.5. The lowest BCUT2D eigenvalue weighted by atomic mass is 10.2. The maximum Gasteiger partial charge on any atom is 0.179 e. The van der Waals surface area contributed by atoms with E-state index in [0.29, 0.717) is 6.04 Å². The molecule has 0 saturated heterocycles. The lowest BCUT2D eigenvalue weighted by molar-refractivity contribution is 0.102. The first-order valence-electron chi connectivity index (χ1n) is 6.37. The summed E-state index contributed by atoms with van der Waals surface area (Å²) < 4.78 is 2.33. The Morgan fingerprint density at radius 2 is 2.24 bits per heavy atom. The standard InChI is InChI=1S/C14H20ClNO/c1-4-5-11-7-13(11)16-9(2)6-12(10(16)3)14(17)8-15/h6,11,13H,4-5,7-8H2,1-3H3. The molecule has 0 radical (unpaired) electrons. The van der Waals surface area contributed by atoms with Gasteiger partial charge in [-0.25, -0.2) is 0 Å². The van der Waals surface area contributed by atoms with Crippen LogP contribution in [0.15, 0.2) is 6.07 Å². The minimum absolute atomic E-state index is 0.0405. The number of carbonyl (C=O) groups is 1. The molecule has 0 bridgehead atoms. The van der Waals surface area contributed by atoms with Crippen LogP contribution < -0.4 is 0 Å². The summed E-state index contributed by atoms with van der Waals surface area (Å²) in [6.07, 6.45) is 3.80. The summed E-state index contributed by atoms with van der Waals surface area (Å²) >= 11 is 5.63. The highest BCUT2D eigenvalue weighted by Gasteiger charge is 2.39. The van der Waals surface area contributed by atoms with E-state index < -0.39 is 0 Å². The predicted octanol–water partition coefficient (Wildman–Crippen LogP) is 3.89. The molecule has 2 unspecified atom stereocenters. The molecular formula is C14H20ClNO. The van der Waals surface area contributed by atoms with Crippen LogP contribution >= 0.6 is 11.6 Å². The highest BCUT2D eigenvalue weighted by molar-refractivity contribution is 6.30. The molecule has 0 spiro atoms. The van der Waals surface area contributed by atoms with Crippen molar-refractivity contribution in [2.45, 2.75) is 46.1 Å². The van der Waals surface area contributed by atoms with Crippen molar-refractivity contribution in [2.24, 2.45) is 5.92 Å². The molecule has 1 heterocycles. The molecule has 1 saturated carbocycles. The van der Waals surface area contributed by atoms with Gasteiger partial charge in [-0.1, -0.05) is 13.3 Å². The van der Waals surface area contributed by atoms with E-state index in [9.17, 15) is 4.79 Å². The molecule has 3 heteroatoms. The van der Waals surface area contributed by atoms with E-state index in [1.54, 1.807) is 0 Å². The number of aryl methyl sites for hydroxylation is 1. The number of hydrogen-bond acceptors (Lipinski definition) is 1. The number of hydrogen-bond donors (Lipinski definition) is 0. The Balaban J connectivity index is 2.24. The zero-order valence-electron chi connectivity index (χ0n) is 10.8. The number of nitrogens with zero attached hydrogens (tertiary/aromatic N) is 1. The molecule has 1 aliphatic rings. The van der Waals surface area contributed by atoms with Crippen molar-refractivity contribution in [3.63, 3.8) is 0 Å². The summed E-state index contributed by atoms with van der Waals surface area (Å²) in [5.41, 5.74) is 3.09. The van der Waals surface area contributed by atoms with Gasteiger partial charge in [0.1, 0.15) is 0 Å². The number of aromatic nitrogens is 1. The van der Waals surface area contributed by atoms with Gasteiger partial charge in [0.2, 0.25) is 0 Å². The third-order valence-corrected chi connectivity index (χ3v) is 4.03. The van der Waals surface area contributed by atoms with Crippen LogP contribution in [0.3, 0.4) is 0 Å². The maximum absolute atomic E-state index is 11.7. The van der Waals surface area contributed by atoms with Crippen molar-refractivity contribution in [3.8, 4) is 0 Å². The summed E-state index contributed by atoms with van der Waals surface area (Å²) in [4.78, 5) is 11.7. The van der Waals surface area contributed by atoms with E-state index in [2.05, 4.69) is 18.4 Å². The van der Waals surface area contributed by atoms with Crippen LogP contribution in [0.1, 0.15) is 54.0 Å². The van der Waals surface area contributed by atoms with Gasteiger partial charge in [-0.15, -0.1) is 11.6 Å². The first-order valence-corrected chi connectivity index (χ1v) is 6.91. The summed E-state index contributed by atoms with van der Waals surface area (Å²) in [5.74, 6) is 0.926. The van der Waals surface area contributed by atoms with Gasteiger partial charge in [-0.2, -0.15) is 0 Å². The van der Waals surface area contributed by atoms with Gasteiger partial charge in [0.15, 0.2) is 5.78 Å². The third-order valence-electron chi connectivity index (χ3n) is 3.78. The quantitative estimate of drug-likeness (QED) is 0.576. The summed E-state index contributed by atoms with van der Waals surface area (Å²) in [5, 5.41) is 0. The van der Waals surface area contributed by atoms with E-state index in [0.717, 1.165) is 17.2 Å². The van der Waals surface area contributed by atoms with Gasteiger partial charge in [0.05, 0.1) is 5.88 Å². The summed E-state index contributed by atoms with van der Waals surface area (Å²) in [6, 6.07) is 2.60. The van der Waals surface area contributed by atoms with E-state index in [1.165, 1.54) is 25.0 Å². The average molecular weight is 254 g/mol. The molecule has 2 rings (SSSR count). The molecule has 0 amide bonds. The van der Waals surface area contributed by atoms with Crippen LogP contribution in [-0.4, -0.2) is 16.2 Å². The van der Waals surface area contributed by atoms with Crippen molar-refractivity contribution in [3.05, 3.63) is 23.0 Å². The minimum atomic E-state index is 0.0405. The molecule has 2 atom stereocenters. The maximum atomic E-state index is 11.7. The van der Waals surface area contributed by atoms with E-state index in [1.807, 2.05) is 13.0 Å². The predicted molar refractivity (Wildman–Crippen MR) is 71.0 cm³/mol. The normalized spacial score (nSPS) is 22.8. The smallest absolute Gasteiger partial charge is 0.179 e. The van der Waals surface area contributed by atoms with Gasteiger partial charge < -0.3 is 4.57 Å². The molecule has 1 fully saturated rings. The fraction of sp³-hybridized carbons (Fsp3) is 0.643. The van der Waals surface area contributed by atoms with Gasteiger partial charge in [0.25, 0.3) is 0 Å². The average Bonchev–Trinajstić information content (AvgIpc) is 2.98. The zero-order valence-corrected chi connectivity index (χ0v) is 11.5. The Morgan fingerprint density at radius 3 is 2.82 bits per heavy atom. The third kappa shape index (κ3) is 2.28. The Morgan fingerprint density at radius 1 is 1.53 bits per heavy atom. The summed E-state index contributed by atoms with van der Waals surface area (Å²) in [6.45, 7) is 6.35. The zero-order chi connectivity index (χ0) is 12.6. The molecule has 0 aromatic carbocycles. The molecule has 0 aliphatic heterocycles. The Labute approximate surface area is 108 Å². The number of Topliss-reactive ketones (excluding diaryl/α,β-unsaturated/α-hetero) is 1. The summed E-state index contributed by atoms with van der Waals surface area (Å²) in [7, 11) is 0. The molecule has 1 aromatic rings. The number of alkyl halides is 1. The van der Waals surface area contributed by atoms with Gasteiger partial charge >= 0.3 is 0 Å². The Bertz CT molecular complexity index is 436. The van der Waals surface area contributed by atoms with Crippen molar-refractivity contribution < 1.29 is 4.79 Å². The fourth-order valence-corrected chi connectivity index (χ4v) is 3.01. The first kappa shape index (κ1) is 12.7. The monoisotopic (exact) mass is 253 g/mol. The van der Waals surface area contributed by atoms with E-state index in [-0.39, 0.29) is 11.7 Å². The molecule has 2 nitrogen and oxygen atoms in total. The minimum Gasteiger partial charge on any atom is -0.345 e. The SMILES string of the molecule is CCCC1CC1n1c(C)cc(C(=O)CCl)c1C. The first-order chi connectivity index (χ1) is 8.10. The molecule has 0 N–H and O–H groups in total. The lowest BCUT2D eigenvalue weighted by Crippen LogP contribution is -2.05. The van der Waals surface area contributed by atoms with Crippen LogP contribution in [0.2, 0.25) is 0 Å². The number of halogens is 1. The Hall–Kier alpha value is -0.760. The van der Waals surface area contributed by atoms with Gasteiger partial charge in [0, 0.05) is 23.0 Å². The second-order valence-electron chi connectivity index (χ2n) is 5.06. The van der Waals surface area contributed by atoms with Crippen molar-refractivity contribution in [2.75, 3.05) is 5.88 Å². The second kappa shape index (κ2) is 4.85. The van der Waals surface area contributed by atoms with E-state index >= 15 is 0 Å². The molecule has 94 valence electrons. The fourth-order valence-electron chi connectivity index (χ4n) is 2.87. The van der Waals surface area contributed by atoms with Gasteiger partial charge in [-0.3, -0.25) is 4.79 Å². The van der Waals surface area contributed by atoms with E-state index in [4.69, 9.17) is 11.6 Å². The number of carbonyl (C=O) groups excluding carboxylic acids is 1. The molecule has 1 aromatic heterocycles. The van der Waals surface area contributed by atoms with Crippen molar-refractivity contribution in [1.82, 2.24) is 4.57 Å². The van der Waals surface area contributed by atoms with Crippen LogP contribution in [0.5, 0.6) is 0 Å². The van der Waals surface area contributed by atoms with Crippen molar-refractivity contribution >= 4 is 17.4 Å². The molecule has 1 aliphatic carbocycles. The van der Waals surface area contributed by atoms with Crippen LogP contribution in [0.4, 0.5) is 0 Å². The van der Waals surface area contributed by atoms with Crippen molar-refractivity contribution in [1.29, 1.82) is 0 Å².